The van der Waals surface area contributed by atoms with Crippen LogP contribution >= 0.6 is 0 Å². The number of nitriles is 1. The molecule has 0 aliphatic rings. The van der Waals surface area contributed by atoms with Crippen molar-refractivity contribution < 1.29 is 19.4 Å². The Bertz CT molecular complexity index is 584. The molecule has 0 aliphatic heterocycles. The highest BCUT2D eigenvalue weighted by Gasteiger charge is 2.16. The van der Waals surface area contributed by atoms with E-state index in [-0.39, 0.29) is 18.9 Å². The van der Waals surface area contributed by atoms with Gasteiger partial charge in [0.25, 0.3) is 5.91 Å². The maximum absolute atomic E-state index is 11.8. The van der Waals surface area contributed by atoms with E-state index in [1.54, 1.807) is 24.3 Å². The molecule has 0 fully saturated rings. The van der Waals surface area contributed by atoms with E-state index in [1.807, 2.05) is 6.07 Å². The molecule has 1 rings (SSSR count). The third-order valence-electron chi connectivity index (χ3n) is 2.32. The molecule has 0 radical (unpaired) electrons. The van der Waals surface area contributed by atoms with Crippen LogP contribution in [0.15, 0.2) is 24.3 Å². The van der Waals surface area contributed by atoms with Crippen LogP contribution in [0, 0.1) is 23.7 Å². The monoisotopic (exact) mass is 272 g/mol. The fraction of sp³-hybridized carbons (Fsp3) is 0.214. The van der Waals surface area contributed by atoms with Gasteiger partial charge in [-0.25, -0.2) is 0 Å². The summed E-state index contributed by atoms with van der Waals surface area (Å²) in [7, 11) is 0. The molecule has 0 unspecified atom stereocenters. The van der Waals surface area contributed by atoms with Gasteiger partial charge < -0.3 is 14.7 Å². The molecule has 1 N–H and O–H groups in total. The molecule has 6 nitrogen and oxygen atoms in total. The highest BCUT2D eigenvalue weighted by atomic mass is 16.5. The Morgan fingerprint density at radius 2 is 2.10 bits per heavy atom. The number of carbonyl (C=O) groups excluding carboxylic acids is 1. The fourth-order valence-electron chi connectivity index (χ4n) is 1.42. The molecule has 0 saturated heterocycles. The molecule has 0 saturated carbocycles. The molecule has 1 aromatic rings. The average Bonchev–Trinajstić information content (AvgIpc) is 2.44. The lowest BCUT2D eigenvalue weighted by Gasteiger charge is -2.18. The quantitative estimate of drug-likeness (QED) is 0.761. The average molecular weight is 272 g/mol. The van der Waals surface area contributed by atoms with Crippen LogP contribution in [0.3, 0.4) is 0 Å². The molecule has 0 bridgehead atoms. The Balaban J connectivity index is 2.68. The normalized spacial score (nSPS) is 9.10. The molecule has 20 heavy (non-hydrogen) atoms. The number of ether oxygens (including phenoxy) is 1. The second kappa shape index (κ2) is 7.45. The van der Waals surface area contributed by atoms with Crippen molar-refractivity contribution in [2.75, 3.05) is 19.7 Å². The molecule has 6 heteroatoms. The molecule has 0 spiro atoms. The summed E-state index contributed by atoms with van der Waals surface area (Å²) in [6.07, 6.45) is 5.08. The van der Waals surface area contributed by atoms with Crippen molar-refractivity contribution in [2.45, 2.75) is 0 Å². The number of aliphatic carboxylic acids is 1. The van der Waals surface area contributed by atoms with Crippen LogP contribution < -0.4 is 4.74 Å². The Morgan fingerprint density at radius 3 is 2.70 bits per heavy atom. The zero-order chi connectivity index (χ0) is 15.0. The standard InChI is InChI=1S/C14H12N2O4/c1-2-7-16(9-14(18)19)13(17)10-20-12-6-4-3-5-11(12)8-15/h1,3-6H,7,9-10H2,(H,18,19). The van der Waals surface area contributed by atoms with Gasteiger partial charge in [-0.2, -0.15) is 5.26 Å². The van der Waals surface area contributed by atoms with Crippen LogP contribution in [0.4, 0.5) is 0 Å². The van der Waals surface area contributed by atoms with Gasteiger partial charge in [-0.3, -0.25) is 9.59 Å². The summed E-state index contributed by atoms with van der Waals surface area (Å²) in [4.78, 5) is 23.4. The van der Waals surface area contributed by atoms with E-state index in [0.717, 1.165) is 4.90 Å². The predicted molar refractivity (Wildman–Crippen MR) is 69.7 cm³/mol. The molecule has 1 amide bonds. The van der Waals surface area contributed by atoms with Gasteiger partial charge in [-0.05, 0) is 12.1 Å². The number of amides is 1. The predicted octanol–water partition coefficient (Wildman–Crippen LogP) is 0.483. The third kappa shape index (κ3) is 4.35. The van der Waals surface area contributed by atoms with E-state index in [1.165, 1.54) is 0 Å². The van der Waals surface area contributed by atoms with Gasteiger partial charge in [-0.1, -0.05) is 18.1 Å². The van der Waals surface area contributed by atoms with Gasteiger partial charge >= 0.3 is 5.97 Å². The molecular formula is C14H12N2O4. The molecule has 1 aromatic carbocycles. The van der Waals surface area contributed by atoms with Gasteiger partial charge in [0.05, 0.1) is 12.1 Å². The van der Waals surface area contributed by atoms with Gasteiger partial charge in [0.1, 0.15) is 18.4 Å². The van der Waals surface area contributed by atoms with Crippen LogP contribution in [0.1, 0.15) is 5.56 Å². The van der Waals surface area contributed by atoms with E-state index in [4.69, 9.17) is 21.5 Å². The first-order valence-corrected chi connectivity index (χ1v) is 5.63. The summed E-state index contributed by atoms with van der Waals surface area (Å²) >= 11 is 0. The summed E-state index contributed by atoms with van der Waals surface area (Å²) in [6, 6.07) is 8.36. The summed E-state index contributed by atoms with van der Waals surface area (Å²) < 4.78 is 5.22. The van der Waals surface area contributed by atoms with E-state index >= 15 is 0 Å². The molecule has 102 valence electrons. The van der Waals surface area contributed by atoms with Crippen LogP contribution in [0.5, 0.6) is 5.75 Å². The minimum absolute atomic E-state index is 0.117. The first kappa shape index (κ1) is 15.1. The van der Waals surface area contributed by atoms with E-state index in [2.05, 4.69) is 5.92 Å². The van der Waals surface area contributed by atoms with Crippen LogP contribution in [0.25, 0.3) is 0 Å². The number of carboxylic acids is 1. The second-order valence-electron chi connectivity index (χ2n) is 3.74. The number of hydrogen-bond donors (Lipinski definition) is 1. The summed E-state index contributed by atoms with van der Waals surface area (Å²) in [6.45, 7) is -0.992. The largest absolute Gasteiger partial charge is 0.482 e. The van der Waals surface area contributed by atoms with Crippen molar-refractivity contribution in [3.63, 3.8) is 0 Å². The smallest absolute Gasteiger partial charge is 0.323 e. The number of benzene rings is 1. The van der Waals surface area contributed by atoms with Crippen molar-refractivity contribution in [1.82, 2.24) is 4.90 Å². The van der Waals surface area contributed by atoms with Crippen molar-refractivity contribution in [3.8, 4) is 24.2 Å². The molecular weight excluding hydrogens is 260 g/mol. The Morgan fingerprint density at radius 1 is 1.40 bits per heavy atom. The topological polar surface area (TPSA) is 90.6 Å². The molecule has 0 aromatic heterocycles. The zero-order valence-corrected chi connectivity index (χ0v) is 10.6. The lowest BCUT2D eigenvalue weighted by atomic mass is 10.2. The minimum Gasteiger partial charge on any atom is -0.482 e. The van der Waals surface area contributed by atoms with E-state index in [9.17, 15) is 9.59 Å². The van der Waals surface area contributed by atoms with Gasteiger partial charge in [0, 0.05) is 0 Å². The Labute approximate surface area is 116 Å². The third-order valence-corrected chi connectivity index (χ3v) is 2.32. The SMILES string of the molecule is C#CCN(CC(=O)O)C(=O)COc1ccccc1C#N. The van der Waals surface area contributed by atoms with E-state index < -0.39 is 18.4 Å². The number of carboxylic acid groups (broad SMARTS) is 1. The lowest BCUT2D eigenvalue weighted by molar-refractivity contribution is -0.144. The van der Waals surface area contributed by atoms with Crippen molar-refractivity contribution in [3.05, 3.63) is 29.8 Å². The highest BCUT2D eigenvalue weighted by molar-refractivity contribution is 5.82. The van der Waals surface area contributed by atoms with Crippen LogP contribution in [-0.4, -0.2) is 41.6 Å². The highest BCUT2D eigenvalue weighted by Crippen LogP contribution is 2.16. The van der Waals surface area contributed by atoms with Gasteiger partial charge in [-0.15, -0.1) is 6.42 Å². The number of para-hydroxylation sites is 1. The maximum atomic E-state index is 11.8. The Kier molecular flexibility index (Phi) is 5.61. The molecule has 0 aliphatic carbocycles. The molecule has 0 heterocycles. The van der Waals surface area contributed by atoms with Crippen molar-refractivity contribution in [2.24, 2.45) is 0 Å². The van der Waals surface area contributed by atoms with Crippen LogP contribution in [-0.2, 0) is 9.59 Å². The number of carbonyl (C=O) groups is 2. The van der Waals surface area contributed by atoms with E-state index in [0.29, 0.717) is 5.56 Å². The first-order valence-electron chi connectivity index (χ1n) is 5.63. The fourth-order valence-corrected chi connectivity index (χ4v) is 1.42. The van der Waals surface area contributed by atoms with Crippen LogP contribution in [0.2, 0.25) is 0 Å². The lowest BCUT2D eigenvalue weighted by Crippen LogP contribution is -2.39. The summed E-state index contributed by atoms with van der Waals surface area (Å²) in [5.41, 5.74) is 0.294. The van der Waals surface area contributed by atoms with Crippen molar-refractivity contribution >= 4 is 11.9 Å². The summed E-state index contributed by atoms with van der Waals surface area (Å²) in [5, 5.41) is 17.5. The number of nitrogens with zero attached hydrogens (tertiary/aromatic N) is 2. The van der Waals surface area contributed by atoms with Gasteiger partial charge in [0.15, 0.2) is 6.61 Å². The Hall–Kier alpha value is -2.99. The molecule has 0 atom stereocenters. The minimum atomic E-state index is -1.16. The maximum Gasteiger partial charge on any atom is 0.323 e. The number of hydrogen-bond acceptors (Lipinski definition) is 4. The zero-order valence-electron chi connectivity index (χ0n) is 10.6. The number of terminal acetylenes is 1. The van der Waals surface area contributed by atoms with Gasteiger partial charge in [0.2, 0.25) is 0 Å². The first-order chi connectivity index (χ1) is 9.58. The summed E-state index contributed by atoms with van der Waals surface area (Å²) in [5.74, 6) is 0.754. The van der Waals surface area contributed by atoms with Crippen molar-refractivity contribution in [1.29, 1.82) is 5.26 Å². The second-order valence-corrected chi connectivity index (χ2v) is 3.74. The number of rotatable bonds is 6.